The van der Waals surface area contributed by atoms with E-state index < -0.39 is 0 Å². The van der Waals surface area contributed by atoms with Gasteiger partial charge in [0.1, 0.15) is 5.75 Å². The van der Waals surface area contributed by atoms with Gasteiger partial charge in [-0.1, -0.05) is 43.2 Å². The quantitative estimate of drug-likeness (QED) is 0.891. The average molecular weight is 269 g/mol. The number of hydrogen-bond acceptors (Lipinski definition) is 2. The molecule has 2 heteroatoms. The summed E-state index contributed by atoms with van der Waals surface area (Å²) >= 11 is 0. The molecule has 2 nitrogen and oxygen atoms in total. The molecule has 0 radical (unpaired) electrons. The van der Waals surface area contributed by atoms with E-state index in [4.69, 9.17) is 10.5 Å². The van der Waals surface area contributed by atoms with Gasteiger partial charge in [-0.05, 0) is 42.5 Å². The third kappa shape index (κ3) is 2.40. The zero-order valence-corrected chi connectivity index (χ0v) is 12.1. The summed E-state index contributed by atoms with van der Waals surface area (Å²) in [5, 5.41) is 2.50. The van der Waals surface area contributed by atoms with Gasteiger partial charge in [-0.15, -0.1) is 0 Å². The van der Waals surface area contributed by atoms with E-state index in [1.54, 1.807) is 0 Å². The Balaban J connectivity index is 2.10. The fraction of sp³-hybridized carbons (Fsp3) is 0.444. The van der Waals surface area contributed by atoms with Gasteiger partial charge in [0, 0.05) is 11.6 Å². The van der Waals surface area contributed by atoms with Crippen molar-refractivity contribution in [3.8, 4) is 5.75 Å². The fourth-order valence-corrected chi connectivity index (χ4v) is 3.45. The van der Waals surface area contributed by atoms with Crippen LogP contribution in [0.15, 0.2) is 36.4 Å². The summed E-state index contributed by atoms with van der Waals surface area (Å²) in [6.07, 6.45) is 5.12. The van der Waals surface area contributed by atoms with Crippen LogP contribution in [-0.4, -0.2) is 6.61 Å². The van der Waals surface area contributed by atoms with Gasteiger partial charge < -0.3 is 10.5 Å². The smallest absolute Gasteiger partial charge is 0.124 e. The SMILES string of the molecule is CCOc1ccc2ccccc2c1[C@H](N)C1CCCC1. The van der Waals surface area contributed by atoms with Crippen molar-refractivity contribution in [2.45, 2.75) is 38.6 Å². The molecule has 1 aliphatic carbocycles. The minimum atomic E-state index is 0.0881. The second-order valence-corrected chi connectivity index (χ2v) is 5.70. The topological polar surface area (TPSA) is 35.2 Å². The fourth-order valence-electron chi connectivity index (χ4n) is 3.45. The lowest BCUT2D eigenvalue weighted by Gasteiger charge is -2.23. The molecular formula is C18H23NO. The van der Waals surface area contributed by atoms with E-state index in [1.165, 1.54) is 42.0 Å². The van der Waals surface area contributed by atoms with Crippen molar-refractivity contribution < 1.29 is 4.74 Å². The molecular weight excluding hydrogens is 246 g/mol. The van der Waals surface area contributed by atoms with Crippen LogP contribution < -0.4 is 10.5 Å². The normalized spacial score (nSPS) is 17.5. The molecule has 1 saturated carbocycles. The van der Waals surface area contributed by atoms with Gasteiger partial charge in [0.2, 0.25) is 0 Å². The van der Waals surface area contributed by atoms with E-state index in [9.17, 15) is 0 Å². The second kappa shape index (κ2) is 5.84. The van der Waals surface area contributed by atoms with Crippen molar-refractivity contribution in [1.82, 2.24) is 0 Å². The van der Waals surface area contributed by atoms with Gasteiger partial charge in [0.25, 0.3) is 0 Å². The van der Waals surface area contributed by atoms with Crippen molar-refractivity contribution in [3.63, 3.8) is 0 Å². The van der Waals surface area contributed by atoms with Crippen LogP contribution in [0.5, 0.6) is 5.75 Å². The highest BCUT2D eigenvalue weighted by molar-refractivity contribution is 5.88. The molecule has 106 valence electrons. The monoisotopic (exact) mass is 269 g/mol. The number of hydrogen-bond donors (Lipinski definition) is 1. The van der Waals surface area contributed by atoms with E-state index in [1.807, 2.05) is 6.92 Å². The summed E-state index contributed by atoms with van der Waals surface area (Å²) in [4.78, 5) is 0. The van der Waals surface area contributed by atoms with Crippen LogP contribution in [-0.2, 0) is 0 Å². The summed E-state index contributed by atoms with van der Waals surface area (Å²) in [5.41, 5.74) is 7.82. The lowest BCUT2D eigenvalue weighted by atomic mass is 9.88. The molecule has 2 N–H and O–H groups in total. The first-order valence-electron chi connectivity index (χ1n) is 7.71. The van der Waals surface area contributed by atoms with E-state index in [0.717, 1.165) is 5.75 Å². The summed E-state index contributed by atoms with van der Waals surface area (Å²) in [6.45, 7) is 2.71. The molecule has 0 bridgehead atoms. The van der Waals surface area contributed by atoms with Gasteiger partial charge >= 0.3 is 0 Å². The third-order valence-electron chi connectivity index (χ3n) is 4.47. The zero-order valence-electron chi connectivity index (χ0n) is 12.1. The first-order valence-corrected chi connectivity index (χ1v) is 7.71. The summed E-state index contributed by atoms with van der Waals surface area (Å²) in [5.74, 6) is 1.56. The van der Waals surface area contributed by atoms with E-state index in [0.29, 0.717) is 12.5 Å². The first-order chi connectivity index (χ1) is 9.81. The Bertz CT molecular complexity index is 587. The van der Waals surface area contributed by atoms with Crippen molar-refractivity contribution >= 4 is 10.8 Å². The van der Waals surface area contributed by atoms with Crippen LogP contribution in [0, 0.1) is 5.92 Å². The standard InChI is InChI=1S/C18H23NO/c1-2-20-16-12-11-13-7-5-6-10-15(13)17(16)18(19)14-8-3-4-9-14/h5-7,10-12,14,18H,2-4,8-9,19H2,1H3/t18-/m1/s1. The Morgan fingerprint density at radius 3 is 2.65 bits per heavy atom. The number of fused-ring (bicyclic) bond motifs is 1. The third-order valence-corrected chi connectivity index (χ3v) is 4.47. The van der Waals surface area contributed by atoms with Crippen molar-refractivity contribution in [2.24, 2.45) is 11.7 Å². The van der Waals surface area contributed by atoms with Crippen LogP contribution in [0.1, 0.15) is 44.2 Å². The van der Waals surface area contributed by atoms with Crippen molar-refractivity contribution in [2.75, 3.05) is 6.61 Å². The molecule has 0 unspecified atom stereocenters. The summed E-state index contributed by atoms with van der Waals surface area (Å²) in [7, 11) is 0. The van der Waals surface area contributed by atoms with Crippen LogP contribution in [0.25, 0.3) is 10.8 Å². The van der Waals surface area contributed by atoms with Crippen LogP contribution in [0.3, 0.4) is 0 Å². The predicted molar refractivity (Wildman–Crippen MR) is 84.0 cm³/mol. The van der Waals surface area contributed by atoms with Gasteiger partial charge in [-0.2, -0.15) is 0 Å². The summed E-state index contributed by atoms with van der Waals surface area (Å²) in [6, 6.07) is 12.8. The zero-order chi connectivity index (χ0) is 13.9. The lowest BCUT2D eigenvalue weighted by molar-refractivity contribution is 0.328. The largest absolute Gasteiger partial charge is 0.494 e. The lowest BCUT2D eigenvalue weighted by Crippen LogP contribution is -2.20. The highest BCUT2D eigenvalue weighted by Crippen LogP contribution is 2.40. The molecule has 1 aliphatic rings. The van der Waals surface area contributed by atoms with Crippen LogP contribution in [0.4, 0.5) is 0 Å². The van der Waals surface area contributed by atoms with Gasteiger partial charge in [0.05, 0.1) is 6.61 Å². The number of nitrogens with two attached hydrogens (primary N) is 1. The molecule has 2 aromatic rings. The first kappa shape index (κ1) is 13.4. The maximum absolute atomic E-state index is 6.62. The van der Waals surface area contributed by atoms with Crippen LogP contribution >= 0.6 is 0 Å². The molecule has 0 aliphatic heterocycles. The van der Waals surface area contributed by atoms with E-state index in [-0.39, 0.29) is 6.04 Å². The highest BCUT2D eigenvalue weighted by atomic mass is 16.5. The Morgan fingerprint density at radius 2 is 1.90 bits per heavy atom. The Kier molecular flexibility index (Phi) is 3.93. The van der Waals surface area contributed by atoms with Gasteiger partial charge in [0.15, 0.2) is 0 Å². The number of benzene rings is 2. The minimum Gasteiger partial charge on any atom is -0.494 e. The molecule has 3 rings (SSSR count). The molecule has 20 heavy (non-hydrogen) atoms. The van der Waals surface area contributed by atoms with Gasteiger partial charge in [-0.3, -0.25) is 0 Å². The Hall–Kier alpha value is -1.54. The minimum absolute atomic E-state index is 0.0881. The number of rotatable bonds is 4. The molecule has 0 saturated heterocycles. The molecule has 1 atom stereocenters. The van der Waals surface area contributed by atoms with E-state index in [2.05, 4.69) is 36.4 Å². The molecule has 0 heterocycles. The highest BCUT2D eigenvalue weighted by Gasteiger charge is 2.26. The van der Waals surface area contributed by atoms with Crippen molar-refractivity contribution in [1.29, 1.82) is 0 Å². The van der Waals surface area contributed by atoms with Crippen molar-refractivity contribution in [3.05, 3.63) is 42.0 Å². The average Bonchev–Trinajstić information content (AvgIpc) is 3.01. The predicted octanol–water partition coefficient (Wildman–Crippen LogP) is 4.43. The van der Waals surface area contributed by atoms with Gasteiger partial charge in [-0.25, -0.2) is 0 Å². The molecule has 0 aromatic heterocycles. The molecule has 1 fully saturated rings. The molecule has 0 spiro atoms. The maximum Gasteiger partial charge on any atom is 0.124 e. The maximum atomic E-state index is 6.62. The number of ether oxygens (including phenoxy) is 1. The second-order valence-electron chi connectivity index (χ2n) is 5.70. The molecule has 0 amide bonds. The molecule has 2 aromatic carbocycles. The Labute approximate surface area is 120 Å². The van der Waals surface area contributed by atoms with Crippen LogP contribution in [0.2, 0.25) is 0 Å². The van der Waals surface area contributed by atoms with E-state index >= 15 is 0 Å². The summed E-state index contributed by atoms with van der Waals surface area (Å²) < 4.78 is 5.85. The Morgan fingerprint density at radius 1 is 1.15 bits per heavy atom.